The number of methoxy groups -OCH3 is 1. The number of anilines is 1. The Kier molecular flexibility index (Phi) is 5.48. The zero-order chi connectivity index (χ0) is 19.6. The van der Waals surface area contributed by atoms with Gasteiger partial charge in [-0.15, -0.1) is 0 Å². The number of hydrogen-bond donors (Lipinski definition) is 1. The van der Waals surface area contributed by atoms with Crippen LogP contribution in [0.3, 0.4) is 0 Å². The number of nitrogens with one attached hydrogen (secondary N) is 1. The highest BCUT2D eigenvalue weighted by molar-refractivity contribution is 7.90. The van der Waals surface area contributed by atoms with Crippen LogP contribution < -0.4 is 10.1 Å². The number of aromatic nitrogens is 2. The van der Waals surface area contributed by atoms with Gasteiger partial charge in [0.15, 0.2) is 9.84 Å². The Morgan fingerprint density at radius 2 is 2.07 bits per heavy atom. The van der Waals surface area contributed by atoms with Gasteiger partial charge in [-0.05, 0) is 36.8 Å². The second-order valence-electron chi connectivity index (χ2n) is 6.17. The summed E-state index contributed by atoms with van der Waals surface area (Å²) in [6.07, 6.45) is 3.53. The zero-order valence-electron chi connectivity index (χ0n) is 15.4. The number of hydrogen-bond acceptors (Lipinski definition) is 5. The third-order valence-corrected chi connectivity index (χ3v) is 5.66. The summed E-state index contributed by atoms with van der Waals surface area (Å²) in [6.45, 7) is 2.84. The lowest BCUT2D eigenvalue weighted by molar-refractivity contribution is 0.416. The minimum absolute atomic E-state index is 0.208. The molecule has 0 aliphatic rings. The molecule has 6 nitrogen and oxygen atoms in total. The molecular formula is C19H21N3O3S2. The fraction of sp³-hybridized carbons (Fsp3) is 0.263. The van der Waals surface area contributed by atoms with Crippen LogP contribution in [0, 0.1) is 0 Å². The van der Waals surface area contributed by atoms with Gasteiger partial charge in [-0.1, -0.05) is 24.4 Å². The van der Waals surface area contributed by atoms with Gasteiger partial charge in [0.25, 0.3) is 0 Å². The van der Waals surface area contributed by atoms with E-state index in [2.05, 4.69) is 10.4 Å². The summed E-state index contributed by atoms with van der Waals surface area (Å²) in [5.74, 6) is 0.529. The van der Waals surface area contributed by atoms with Crippen LogP contribution in [-0.4, -0.2) is 36.6 Å². The molecular weight excluding hydrogens is 382 g/mol. The predicted molar refractivity (Wildman–Crippen MR) is 111 cm³/mol. The van der Waals surface area contributed by atoms with E-state index in [4.69, 9.17) is 17.0 Å². The number of nitrogens with zero attached hydrogens (tertiary/aromatic N) is 2. The summed E-state index contributed by atoms with van der Waals surface area (Å²) in [4.78, 5) is 0.774. The smallest absolute Gasteiger partial charge is 0.175 e. The van der Waals surface area contributed by atoms with E-state index < -0.39 is 9.84 Å². The summed E-state index contributed by atoms with van der Waals surface area (Å²) in [7, 11) is -1.79. The first-order valence-corrected chi connectivity index (χ1v) is 10.7. The maximum Gasteiger partial charge on any atom is 0.175 e. The van der Waals surface area contributed by atoms with E-state index >= 15 is 0 Å². The molecule has 142 valence electrons. The molecule has 1 N–H and O–H groups in total. The van der Waals surface area contributed by atoms with E-state index in [-0.39, 0.29) is 4.90 Å². The topological polar surface area (TPSA) is 73.2 Å². The Hall–Kier alpha value is -2.45. The molecule has 0 aliphatic carbocycles. The minimum Gasteiger partial charge on any atom is -0.495 e. The van der Waals surface area contributed by atoms with Crippen molar-refractivity contribution in [3.8, 4) is 5.75 Å². The fourth-order valence-corrected chi connectivity index (χ4v) is 3.86. The predicted octanol–water partition coefficient (Wildman–Crippen LogP) is 3.45. The maximum atomic E-state index is 11.8. The first-order chi connectivity index (χ1) is 12.8. The first-order valence-electron chi connectivity index (χ1n) is 8.45. The maximum absolute atomic E-state index is 11.8. The van der Waals surface area contributed by atoms with Crippen molar-refractivity contribution in [1.82, 2.24) is 9.78 Å². The molecule has 0 spiro atoms. The third kappa shape index (κ3) is 4.12. The summed E-state index contributed by atoms with van der Waals surface area (Å²) in [5.41, 5.74) is 2.65. The average molecular weight is 404 g/mol. The van der Waals surface area contributed by atoms with Crippen molar-refractivity contribution in [2.24, 2.45) is 0 Å². The van der Waals surface area contributed by atoms with Gasteiger partial charge >= 0.3 is 0 Å². The van der Waals surface area contributed by atoms with Crippen molar-refractivity contribution in [1.29, 1.82) is 0 Å². The second kappa shape index (κ2) is 7.66. The normalized spacial score (nSPS) is 11.5. The molecule has 0 aliphatic heterocycles. The number of thiocarbonyl (C=S) groups is 1. The standard InChI is InChI=1S/C19H21N3O3S2/c1-4-22-17-7-5-6-13(15(17)12-20-22)10-19(26)21-16-11-14(27(3,23)24)8-9-18(16)25-2/h5-9,11-12H,4,10H2,1-3H3,(H,21,26). The molecule has 2 aromatic carbocycles. The lowest BCUT2D eigenvalue weighted by Crippen LogP contribution is -2.13. The number of benzene rings is 2. The van der Waals surface area contributed by atoms with E-state index in [9.17, 15) is 8.42 Å². The Labute approximate surface area is 164 Å². The molecule has 3 rings (SSSR count). The van der Waals surface area contributed by atoms with E-state index in [0.717, 1.165) is 23.0 Å². The Morgan fingerprint density at radius 1 is 1.30 bits per heavy atom. The fourth-order valence-electron chi connectivity index (χ4n) is 2.95. The summed E-state index contributed by atoms with van der Waals surface area (Å²) in [6, 6.07) is 10.7. The van der Waals surface area contributed by atoms with Gasteiger partial charge in [0.1, 0.15) is 5.75 Å². The van der Waals surface area contributed by atoms with Crippen LogP contribution in [0.2, 0.25) is 0 Å². The van der Waals surface area contributed by atoms with Gasteiger partial charge in [-0.25, -0.2) is 8.42 Å². The van der Waals surface area contributed by atoms with Gasteiger partial charge in [-0.2, -0.15) is 5.10 Å². The number of fused-ring (bicyclic) bond motifs is 1. The molecule has 0 bridgehead atoms. The minimum atomic E-state index is -3.32. The molecule has 1 heterocycles. The second-order valence-corrected chi connectivity index (χ2v) is 8.68. The Balaban J connectivity index is 1.87. The molecule has 0 radical (unpaired) electrons. The molecule has 0 amide bonds. The zero-order valence-corrected chi connectivity index (χ0v) is 17.0. The number of sulfone groups is 1. The molecule has 0 saturated carbocycles. The summed E-state index contributed by atoms with van der Waals surface area (Å²) in [5, 5.41) is 8.58. The molecule has 1 aromatic heterocycles. The molecule has 0 atom stereocenters. The molecule has 8 heteroatoms. The average Bonchev–Trinajstić information content (AvgIpc) is 3.05. The highest BCUT2D eigenvalue weighted by atomic mass is 32.2. The molecule has 3 aromatic rings. The van der Waals surface area contributed by atoms with E-state index in [0.29, 0.717) is 22.8 Å². The Bertz CT molecular complexity index is 1100. The van der Waals surface area contributed by atoms with Gasteiger partial charge in [0.2, 0.25) is 0 Å². The Morgan fingerprint density at radius 3 is 2.74 bits per heavy atom. The van der Waals surface area contributed by atoms with E-state index in [1.807, 2.05) is 36.0 Å². The van der Waals surface area contributed by atoms with Crippen molar-refractivity contribution in [2.75, 3.05) is 18.7 Å². The van der Waals surface area contributed by atoms with Gasteiger partial charge in [-0.3, -0.25) is 4.68 Å². The summed E-state index contributed by atoms with van der Waals surface area (Å²) >= 11 is 5.52. The van der Waals surface area contributed by atoms with Crippen LogP contribution in [0.4, 0.5) is 5.69 Å². The van der Waals surface area contributed by atoms with E-state index in [1.54, 1.807) is 6.07 Å². The molecule has 27 heavy (non-hydrogen) atoms. The summed E-state index contributed by atoms with van der Waals surface area (Å²) < 4.78 is 30.9. The van der Waals surface area contributed by atoms with Crippen molar-refractivity contribution >= 4 is 43.6 Å². The monoisotopic (exact) mass is 403 g/mol. The molecule has 0 fully saturated rings. The van der Waals surface area contributed by atoms with Gasteiger partial charge in [0, 0.05) is 24.6 Å². The largest absolute Gasteiger partial charge is 0.495 e. The van der Waals surface area contributed by atoms with Crippen LogP contribution in [-0.2, 0) is 22.8 Å². The van der Waals surface area contributed by atoms with Crippen molar-refractivity contribution in [2.45, 2.75) is 24.8 Å². The van der Waals surface area contributed by atoms with Crippen molar-refractivity contribution in [3.05, 3.63) is 48.2 Å². The number of aryl methyl sites for hydroxylation is 1. The van der Waals surface area contributed by atoms with Crippen molar-refractivity contribution < 1.29 is 13.2 Å². The molecule has 0 saturated heterocycles. The third-order valence-electron chi connectivity index (χ3n) is 4.30. The van der Waals surface area contributed by atoms with Crippen molar-refractivity contribution in [3.63, 3.8) is 0 Å². The van der Waals surface area contributed by atoms with Crippen LogP contribution in [0.25, 0.3) is 10.9 Å². The lowest BCUT2D eigenvalue weighted by Gasteiger charge is -2.14. The van der Waals surface area contributed by atoms with Crippen LogP contribution in [0.5, 0.6) is 5.75 Å². The van der Waals surface area contributed by atoms with Crippen LogP contribution in [0.15, 0.2) is 47.5 Å². The number of rotatable bonds is 6. The van der Waals surface area contributed by atoms with Gasteiger partial charge < -0.3 is 10.1 Å². The highest BCUT2D eigenvalue weighted by Gasteiger charge is 2.14. The lowest BCUT2D eigenvalue weighted by atomic mass is 10.1. The molecule has 0 unspecified atom stereocenters. The van der Waals surface area contributed by atoms with E-state index in [1.165, 1.54) is 25.5 Å². The van der Waals surface area contributed by atoms with Gasteiger partial charge in [0.05, 0.1) is 34.4 Å². The van der Waals surface area contributed by atoms with Crippen LogP contribution in [0.1, 0.15) is 12.5 Å². The SMILES string of the molecule is CCn1ncc2c(CC(=S)Nc3cc(S(C)(=O)=O)ccc3OC)cccc21. The number of ether oxygens (including phenoxy) is 1. The quantitative estimate of drug-likeness (QED) is 0.636. The van der Waals surface area contributed by atoms with Crippen LogP contribution >= 0.6 is 12.2 Å². The highest BCUT2D eigenvalue weighted by Crippen LogP contribution is 2.28. The first kappa shape index (κ1) is 19.3.